The molecule has 7 aliphatic rings. The van der Waals surface area contributed by atoms with E-state index in [0.29, 0.717) is 0 Å². The van der Waals surface area contributed by atoms with E-state index in [0.717, 1.165) is 21.0 Å². The number of esters is 6. The SMILES string of the molecule is CCC(=O)O[C@@H]1[C@@]2(OC(C)=O)[C@@H](OC(=O)[C@@]3(C)O[C@@H]3C)[C@@]3(C)C[C@@]2(O)[C@@](C)([C@H]3CC(=O)OC)[C@]23OC4(C)O[C@](CC(=O)OC)([C@@]12O4)[C@](C)([C@@H](OC(C)=O)c1ccoc1)C[C@H]3O. The van der Waals surface area contributed by atoms with Crippen LogP contribution in [0.5, 0.6) is 0 Å². The standard InChI is InChI=1S/C42H54O19/c1-12-26(46)55-31-40(58-22(4)44)30(56-32(49)35(7)20(2)57-35)33(5)19-38(40,50)36(8,24(33)15-27(47)51-10)41-25(45)16-34(6,29(54-21(3)43)23-13-14-53-18-23)39(17-28(48)52-11)42(31,41)61-37(9,59-39)60-41/h13-14,18,20,24-25,29-31,45,50H,12,15-17,19H2,1-11H3/t20-,24+,25-,29+,30+,31-,33+,34+,35+,36-,37?,38-,39+,40+,41+,42+/m1/s1. The van der Waals surface area contributed by atoms with Crippen LogP contribution in [-0.2, 0) is 76.1 Å². The number of carbonyl (C=O) groups is 6. The number of carbonyl (C=O) groups excluding carboxylic acids is 6. The molecule has 61 heavy (non-hydrogen) atoms. The van der Waals surface area contributed by atoms with Gasteiger partial charge in [-0.1, -0.05) is 27.7 Å². The number of hydrogen-bond donors (Lipinski definition) is 2. The fourth-order valence-electron chi connectivity index (χ4n) is 13.6. The van der Waals surface area contributed by atoms with Gasteiger partial charge in [0.2, 0.25) is 5.60 Å². The fraction of sp³-hybridized carbons (Fsp3) is 0.762. The van der Waals surface area contributed by atoms with E-state index in [4.69, 9.17) is 51.8 Å². The van der Waals surface area contributed by atoms with Crippen LogP contribution in [0.4, 0.5) is 0 Å². The van der Waals surface area contributed by atoms with Crippen molar-refractivity contribution in [3.05, 3.63) is 24.2 Å². The summed E-state index contributed by atoms with van der Waals surface area (Å²) in [5.74, 6) is -8.88. The highest BCUT2D eigenvalue weighted by Crippen LogP contribution is 2.89. The highest BCUT2D eigenvalue weighted by molar-refractivity contribution is 5.83. The van der Waals surface area contributed by atoms with Crippen LogP contribution in [-0.4, -0.2) is 124 Å². The first-order valence-corrected chi connectivity index (χ1v) is 20.4. The minimum Gasteiger partial charge on any atom is -0.472 e. The molecule has 4 bridgehead atoms. The summed E-state index contributed by atoms with van der Waals surface area (Å²) in [6, 6.07) is 1.51. The van der Waals surface area contributed by atoms with Gasteiger partial charge in [0.1, 0.15) is 22.9 Å². The van der Waals surface area contributed by atoms with Crippen LogP contribution in [0.2, 0.25) is 0 Å². The van der Waals surface area contributed by atoms with Crippen molar-refractivity contribution in [3.63, 3.8) is 0 Å². The van der Waals surface area contributed by atoms with Crippen molar-refractivity contribution >= 4 is 35.8 Å². The van der Waals surface area contributed by atoms with Crippen LogP contribution in [0.15, 0.2) is 23.0 Å². The van der Waals surface area contributed by atoms with Crippen LogP contribution in [0.25, 0.3) is 0 Å². The zero-order chi connectivity index (χ0) is 44.9. The molecule has 19 nitrogen and oxygen atoms in total. The van der Waals surface area contributed by atoms with Gasteiger partial charge in [-0.3, -0.25) is 24.0 Å². The number of fused-ring (bicyclic) bond motifs is 2. The van der Waals surface area contributed by atoms with Crippen molar-refractivity contribution in [1.82, 2.24) is 0 Å². The Morgan fingerprint density at radius 2 is 1.52 bits per heavy atom. The van der Waals surface area contributed by atoms with Crippen LogP contribution in [0.1, 0.15) is 106 Å². The van der Waals surface area contributed by atoms with E-state index in [9.17, 15) is 39.0 Å². The predicted molar refractivity (Wildman–Crippen MR) is 198 cm³/mol. The third-order valence-corrected chi connectivity index (χ3v) is 15.9. The van der Waals surface area contributed by atoms with Gasteiger partial charge < -0.3 is 62.0 Å². The van der Waals surface area contributed by atoms with E-state index in [1.165, 1.54) is 53.4 Å². The minimum atomic E-state index is -2.71. The third-order valence-electron chi connectivity index (χ3n) is 15.9. The second-order valence-corrected chi connectivity index (χ2v) is 18.7. The average molecular weight is 863 g/mol. The lowest BCUT2D eigenvalue weighted by Crippen LogP contribution is -2.99. The Kier molecular flexibility index (Phi) is 9.25. The maximum Gasteiger partial charge on any atom is 0.341 e. The van der Waals surface area contributed by atoms with E-state index in [1.807, 2.05) is 0 Å². The van der Waals surface area contributed by atoms with Crippen molar-refractivity contribution in [3.8, 4) is 0 Å². The monoisotopic (exact) mass is 862 g/mol. The molecule has 1 unspecified atom stereocenters. The molecule has 0 amide bonds. The van der Waals surface area contributed by atoms with Crippen molar-refractivity contribution in [2.24, 2.45) is 22.2 Å². The molecule has 3 saturated heterocycles. The molecule has 0 radical (unpaired) electrons. The second kappa shape index (κ2) is 13.0. The molecular formula is C42H54O19. The summed E-state index contributed by atoms with van der Waals surface area (Å²) in [6.45, 7) is 12.9. The van der Waals surface area contributed by atoms with E-state index >= 15 is 0 Å². The van der Waals surface area contributed by atoms with Gasteiger partial charge in [-0.2, -0.15) is 0 Å². The van der Waals surface area contributed by atoms with Crippen LogP contribution in [0.3, 0.4) is 0 Å². The largest absolute Gasteiger partial charge is 0.472 e. The molecule has 0 aromatic carbocycles. The molecule has 3 aliphatic heterocycles. The number of epoxide rings is 1. The molecule has 1 aromatic rings. The molecule has 2 N–H and O–H groups in total. The number of rotatable bonds is 12. The number of ether oxygens (including phenoxy) is 10. The van der Waals surface area contributed by atoms with Crippen molar-refractivity contribution in [1.29, 1.82) is 0 Å². The molecular weight excluding hydrogens is 808 g/mol. The lowest BCUT2D eigenvalue weighted by Gasteiger charge is -2.78. The van der Waals surface area contributed by atoms with Crippen LogP contribution >= 0.6 is 0 Å². The van der Waals surface area contributed by atoms with Gasteiger partial charge in [0.15, 0.2) is 23.4 Å². The summed E-state index contributed by atoms with van der Waals surface area (Å²) < 4.78 is 68.3. The molecule has 336 valence electrons. The summed E-state index contributed by atoms with van der Waals surface area (Å²) in [5.41, 5.74) is -19.4. The number of aliphatic hydroxyl groups excluding tert-OH is 1. The summed E-state index contributed by atoms with van der Waals surface area (Å²) in [6.07, 6.45) is -7.67. The summed E-state index contributed by atoms with van der Waals surface area (Å²) >= 11 is 0. The lowest BCUT2D eigenvalue weighted by atomic mass is 9.32. The number of methoxy groups -OCH3 is 2. The van der Waals surface area contributed by atoms with Gasteiger partial charge in [0, 0.05) is 55.4 Å². The van der Waals surface area contributed by atoms with E-state index in [2.05, 4.69) is 0 Å². The van der Waals surface area contributed by atoms with Crippen molar-refractivity contribution in [2.45, 2.75) is 165 Å². The summed E-state index contributed by atoms with van der Waals surface area (Å²) in [7, 11) is 2.29. The predicted octanol–water partition coefficient (Wildman–Crippen LogP) is 2.25. The van der Waals surface area contributed by atoms with Crippen LogP contribution < -0.4 is 0 Å². The zero-order valence-corrected chi connectivity index (χ0v) is 36.1. The van der Waals surface area contributed by atoms with Gasteiger partial charge >= 0.3 is 35.8 Å². The first-order valence-electron chi connectivity index (χ1n) is 20.4. The Balaban J connectivity index is 1.55. The van der Waals surface area contributed by atoms with Crippen molar-refractivity contribution in [2.75, 3.05) is 14.2 Å². The molecule has 4 heterocycles. The van der Waals surface area contributed by atoms with Gasteiger partial charge in [-0.05, 0) is 38.7 Å². The highest BCUT2D eigenvalue weighted by atomic mass is 17.0. The average Bonchev–Trinajstić information content (AvgIpc) is 3.64. The maximum absolute atomic E-state index is 14.4. The number of aliphatic hydroxyl groups is 2. The van der Waals surface area contributed by atoms with E-state index in [1.54, 1.807) is 20.8 Å². The molecule has 1 spiro atoms. The Morgan fingerprint density at radius 3 is 2.07 bits per heavy atom. The van der Waals surface area contributed by atoms with Gasteiger partial charge in [0.25, 0.3) is 5.97 Å². The van der Waals surface area contributed by atoms with Gasteiger partial charge in [-0.15, -0.1) is 0 Å². The topological polar surface area (TPSA) is 252 Å². The Hall–Kier alpha value is -4.14. The number of hydrogen-bond acceptors (Lipinski definition) is 19. The van der Waals surface area contributed by atoms with E-state index < -0.39 is 154 Å². The highest BCUT2D eigenvalue weighted by Gasteiger charge is 3.07. The quantitative estimate of drug-likeness (QED) is 0.174. The zero-order valence-electron chi connectivity index (χ0n) is 36.1. The van der Waals surface area contributed by atoms with Crippen molar-refractivity contribution < 1.29 is 90.8 Å². The molecule has 7 fully saturated rings. The van der Waals surface area contributed by atoms with Crippen LogP contribution in [0, 0.1) is 22.2 Å². The molecule has 1 aromatic heterocycles. The molecule has 19 heteroatoms. The minimum absolute atomic E-state index is 0.255. The lowest BCUT2D eigenvalue weighted by molar-refractivity contribution is -0.476. The molecule has 4 saturated carbocycles. The normalized spacial score (nSPS) is 48.4. The third kappa shape index (κ3) is 4.74. The maximum atomic E-state index is 14.4. The summed E-state index contributed by atoms with van der Waals surface area (Å²) in [4.78, 5) is 83.5. The Bertz CT molecular complexity index is 2090. The second-order valence-electron chi connectivity index (χ2n) is 18.7. The Labute approximate surface area is 351 Å². The first kappa shape index (κ1) is 43.5. The van der Waals surface area contributed by atoms with Gasteiger partial charge in [-0.25, -0.2) is 4.79 Å². The molecule has 8 rings (SSSR count). The summed E-state index contributed by atoms with van der Waals surface area (Å²) in [5, 5.41) is 27.5. The smallest absolute Gasteiger partial charge is 0.341 e. The molecule has 16 atom stereocenters. The fourth-order valence-corrected chi connectivity index (χ4v) is 13.6. The molecule has 4 aliphatic carbocycles. The van der Waals surface area contributed by atoms with E-state index in [-0.39, 0.29) is 12.0 Å². The number of furan rings is 1. The first-order chi connectivity index (χ1) is 28.3. The Morgan fingerprint density at radius 1 is 0.885 bits per heavy atom. The van der Waals surface area contributed by atoms with Gasteiger partial charge in [0.05, 0.1) is 45.4 Å².